The Morgan fingerprint density at radius 3 is 1.61 bits per heavy atom. The number of hydrogen-bond donors (Lipinski definition) is 0. The zero-order chi connectivity index (χ0) is 39.1. The summed E-state index contributed by atoms with van der Waals surface area (Å²) >= 11 is 10.1. The monoisotopic (exact) mass is 866 g/mol. The van der Waals surface area contributed by atoms with Gasteiger partial charge in [-0.15, -0.1) is 22.7 Å². The smallest absolute Gasteiger partial charge is 0.456 e. The van der Waals surface area contributed by atoms with E-state index < -0.39 is 11.2 Å². The lowest BCUT2D eigenvalue weighted by atomic mass is 9.61. The quantitative estimate of drug-likeness (QED) is 0.145. The summed E-state index contributed by atoms with van der Waals surface area (Å²) in [5.74, 6) is -0.626. The van der Waals surface area contributed by atoms with Gasteiger partial charge in [0.1, 0.15) is 16.8 Å². The van der Waals surface area contributed by atoms with Crippen molar-refractivity contribution in [3.8, 4) is 0 Å². The van der Waals surface area contributed by atoms with Crippen LogP contribution in [0.15, 0.2) is 38.9 Å². The van der Waals surface area contributed by atoms with Crippen LogP contribution in [0.25, 0.3) is 20.4 Å². The summed E-state index contributed by atoms with van der Waals surface area (Å²) in [5.41, 5.74) is 0.976. The van der Waals surface area contributed by atoms with Gasteiger partial charge in [0.2, 0.25) is 0 Å². The van der Waals surface area contributed by atoms with Gasteiger partial charge in [-0.3, -0.25) is 9.97 Å². The van der Waals surface area contributed by atoms with Crippen LogP contribution in [-0.2, 0) is 24.2 Å². The van der Waals surface area contributed by atoms with E-state index in [1.165, 1.54) is 11.3 Å². The Balaban J connectivity index is 0.000000213. The predicted molar refractivity (Wildman–Crippen MR) is 219 cm³/mol. The zero-order valence-corrected chi connectivity index (χ0v) is 37.7. The van der Waals surface area contributed by atoms with E-state index >= 15 is 0 Å². The van der Waals surface area contributed by atoms with Gasteiger partial charge in [-0.1, -0.05) is 41.5 Å². The second-order valence-corrected chi connectivity index (χ2v) is 21.2. The van der Waals surface area contributed by atoms with Crippen molar-refractivity contribution < 1.29 is 28.4 Å². The van der Waals surface area contributed by atoms with E-state index in [1.807, 2.05) is 53.7 Å². The molecule has 0 unspecified atom stereocenters. The highest BCUT2D eigenvalue weighted by atomic mass is 79.9. The van der Waals surface area contributed by atoms with Gasteiger partial charge >= 0.3 is 19.1 Å². The minimum atomic E-state index is -0.521. The van der Waals surface area contributed by atoms with E-state index in [9.17, 15) is 9.59 Å². The number of halogens is 2. The van der Waals surface area contributed by atoms with Gasteiger partial charge in [-0.25, -0.2) is 9.59 Å². The van der Waals surface area contributed by atoms with Gasteiger partial charge < -0.3 is 18.8 Å². The van der Waals surface area contributed by atoms with E-state index in [0.717, 1.165) is 23.2 Å². The first-order valence-corrected chi connectivity index (χ1v) is 20.1. The average Bonchev–Trinajstić information content (AvgIpc) is 3.60. The largest absolute Gasteiger partial charge is 0.463 e. The molecule has 4 aromatic rings. The fraction of sp³-hybridized carbons (Fsp3) is 0.579. The van der Waals surface area contributed by atoms with Crippen molar-refractivity contribution in [1.82, 2.24) is 9.97 Å². The summed E-state index contributed by atoms with van der Waals surface area (Å²) in [5, 5.41) is 1.83. The van der Waals surface area contributed by atoms with Crippen LogP contribution in [0.1, 0.15) is 136 Å². The first-order chi connectivity index (χ1) is 22.9. The van der Waals surface area contributed by atoms with Crippen LogP contribution < -0.4 is 0 Å². The van der Waals surface area contributed by atoms with E-state index in [-0.39, 0.29) is 41.0 Å². The fourth-order valence-electron chi connectivity index (χ4n) is 4.58. The highest BCUT2D eigenvalue weighted by molar-refractivity contribution is 9.11. The number of ether oxygens (including phenoxy) is 2. The van der Waals surface area contributed by atoms with Crippen LogP contribution in [0.4, 0.5) is 0 Å². The number of pyridine rings is 2. The minimum absolute atomic E-state index is 0.0467. The molecule has 280 valence electrons. The van der Waals surface area contributed by atoms with Gasteiger partial charge in [0.05, 0.1) is 37.2 Å². The topological polar surface area (TPSA) is 96.8 Å². The average molecular weight is 869 g/mol. The molecule has 0 aromatic carbocycles. The molecule has 0 spiro atoms. The maximum Gasteiger partial charge on any atom is 0.463 e. The van der Waals surface area contributed by atoms with Crippen molar-refractivity contribution in [2.75, 3.05) is 0 Å². The third-order valence-electron chi connectivity index (χ3n) is 7.79. The van der Waals surface area contributed by atoms with Gasteiger partial charge in [0, 0.05) is 31.6 Å². The fourth-order valence-corrected chi connectivity index (χ4v) is 7.83. The van der Waals surface area contributed by atoms with Crippen LogP contribution in [0.2, 0.25) is 5.31 Å². The summed E-state index contributed by atoms with van der Waals surface area (Å²) in [6, 6.07) is 3.75. The lowest BCUT2D eigenvalue weighted by Crippen LogP contribution is -2.41. The number of thiophene rings is 2. The molecular weight excluding hydrogens is 815 g/mol. The number of rotatable bonds is 2. The highest BCUT2D eigenvalue weighted by Gasteiger charge is 2.55. The number of carbonyl (C=O) groups is 2. The number of nitrogens with zero attached hydrogens (tertiary/aromatic N) is 2. The molecule has 5 heterocycles. The summed E-state index contributed by atoms with van der Waals surface area (Å²) in [6.07, 6.45) is 3.38. The molecule has 1 aliphatic rings. The maximum atomic E-state index is 12.6. The molecule has 1 saturated heterocycles. The second kappa shape index (κ2) is 15.5. The Morgan fingerprint density at radius 2 is 1.18 bits per heavy atom. The van der Waals surface area contributed by atoms with Crippen molar-refractivity contribution in [2.24, 2.45) is 0 Å². The minimum Gasteiger partial charge on any atom is -0.456 e. The van der Waals surface area contributed by atoms with Gasteiger partial charge in [0.25, 0.3) is 0 Å². The SMILES string of the molecule is CC(C)(C)B1OC(C)(C)C(C)(C)O1.CC(C)(C)OC(=O)c1c(C(C)(C)C)sc2c(Br)ccnc12.CC(C)(C)OC(=O)c1csc2c(Br)ccnc12. The molecule has 0 radical (unpaired) electrons. The highest BCUT2D eigenvalue weighted by Crippen LogP contribution is 2.44. The number of fused-ring (bicyclic) bond motifs is 2. The van der Waals surface area contributed by atoms with Crippen LogP contribution in [0.5, 0.6) is 0 Å². The van der Waals surface area contributed by atoms with Crippen molar-refractivity contribution in [1.29, 1.82) is 0 Å². The molecular formula is C38H53BBr2N2O6S2. The van der Waals surface area contributed by atoms with E-state index in [4.69, 9.17) is 18.8 Å². The molecule has 8 nitrogen and oxygen atoms in total. The zero-order valence-electron chi connectivity index (χ0n) is 32.9. The third-order valence-corrected chi connectivity index (χ3v) is 12.3. The molecule has 4 aromatic heterocycles. The van der Waals surface area contributed by atoms with Crippen molar-refractivity contribution in [3.63, 3.8) is 0 Å². The number of hydrogen-bond acceptors (Lipinski definition) is 10. The van der Waals surface area contributed by atoms with E-state index in [1.54, 1.807) is 29.1 Å². The van der Waals surface area contributed by atoms with Crippen LogP contribution >= 0.6 is 54.5 Å². The molecule has 1 aliphatic heterocycles. The molecule has 0 N–H and O–H groups in total. The lowest BCUT2D eigenvalue weighted by Gasteiger charge is -2.32. The third kappa shape index (κ3) is 11.1. The van der Waals surface area contributed by atoms with Crippen LogP contribution in [-0.4, -0.2) is 51.4 Å². The van der Waals surface area contributed by atoms with Gasteiger partial charge in [0.15, 0.2) is 0 Å². The van der Waals surface area contributed by atoms with Gasteiger partial charge in [-0.05, 0) is 124 Å². The van der Waals surface area contributed by atoms with Crippen molar-refractivity contribution in [3.05, 3.63) is 54.9 Å². The summed E-state index contributed by atoms with van der Waals surface area (Å²) in [6.45, 7) is 32.2. The molecule has 13 heteroatoms. The summed E-state index contributed by atoms with van der Waals surface area (Å²) in [4.78, 5) is 34.3. The van der Waals surface area contributed by atoms with Crippen LogP contribution in [0, 0.1) is 0 Å². The molecule has 51 heavy (non-hydrogen) atoms. The van der Waals surface area contributed by atoms with E-state index in [0.29, 0.717) is 22.2 Å². The number of aromatic nitrogens is 2. The van der Waals surface area contributed by atoms with Crippen molar-refractivity contribution >= 4 is 94.0 Å². The lowest BCUT2D eigenvalue weighted by molar-refractivity contribution is 0.00578. The summed E-state index contributed by atoms with van der Waals surface area (Å²) < 4.78 is 26.6. The first kappa shape index (κ1) is 43.5. The molecule has 0 aliphatic carbocycles. The number of esters is 2. The molecule has 1 fully saturated rings. The van der Waals surface area contributed by atoms with Crippen LogP contribution in [0.3, 0.4) is 0 Å². The Labute approximate surface area is 329 Å². The Bertz CT molecular complexity index is 1860. The maximum absolute atomic E-state index is 12.6. The molecule has 5 rings (SSSR count). The Kier molecular flexibility index (Phi) is 13.2. The summed E-state index contributed by atoms with van der Waals surface area (Å²) in [7, 11) is -0.0995. The molecule has 0 saturated carbocycles. The Hall–Kier alpha value is -1.90. The Morgan fingerprint density at radius 1 is 0.725 bits per heavy atom. The standard InChI is InChI=1S/C16H20BrNO2S.C12H12BrNO2S.C10H21BO2/c1-15(2,3)13-10(14(19)20-16(4,5)6)11-12(21-13)9(17)7-8-18-11;1-12(2,3)16-11(15)7-6-17-10-8(13)4-5-14-9(7)10;1-8(2,3)11-12-9(4,5)10(6,7)13-11/h7-8H,1-6H3;4-6H,1-3H3;1-7H3. The van der Waals surface area contributed by atoms with Gasteiger partial charge in [-0.2, -0.15) is 0 Å². The number of carbonyl (C=O) groups excluding carboxylic acids is 2. The predicted octanol–water partition coefficient (Wildman–Crippen LogP) is 12.2. The van der Waals surface area contributed by atoms with E-state index in [2.05, 4.69) is 111 Å². The normalized spacial score (nSPS) is 15.9. The molecule has 0 atom stereocenters. The molecule has 0 bridgehead atoms. The van der Waals surface area contributed by atoms with Crippen molar-refractivity contribution in [2.45, 2.75) is 144 Å². The first-order valence-electron chi connectivity index (χ1n) is 16.9. The molecule has 0 amide bonds. The second-order valence-electron chi connectivity index (χ2n) is 17.6.